The Morgan fingerprint density at radius 1 is 1.52 bits per heavy atom. The molecule has 0 amide bonds. The van der Waals surface area contributed by atoms with Crippen LogP contribution in [-0.4, -0.2) is 34.1 Å². The van der Waals surface area contributed by atoms with E-state index in [-0.39, 0.29) is 5.38 Å². The molecule has 1 fully saturated rings. The van der Waals surface area contributed by atoms with E-state index in [1.54, 1.807) is 0 Å². The normalized spacial score (nSPS) is 20.8. The topological polar surface area (TPSA) is 44.9 Å². The molecule has 3 rings (SSSR count). The van der Waals surface area contributed by atoms with Crippen LogP contribution < -0.4 is 0 Å². The molecule has 1 aromatic carbocycles. The molecule has 2 atom stereocenters. The number of aromatic nitrogens is 2. The van der Waals surface area contributed by atoms with Crippen LogP contribution in [0.5, 0.6) is 0 Å². The van der Waals surface area contributed by atoms with Crippen LogP contribution >= 0.6 is 11.6 Å². The molecular weight excluding hydrogens is 284 g/mol. The predicted molar refractivity (Wildman–Crippen MR) is 84.4 cm³/mol. The highest BCUT2D eigenvalue weighted by atomic mass is 35.5. The van der Waals surface area contributed by atoms with E-state index in [0.29, 0.717) is 11.6 Å². The van der Waals surface area contributed by atoms with Crippen molar-refractivity contribution in [3.05, 3.63) is 29.6 Å². The maximum Gasteiger partial charge on any atom is 0.127 e. The number of benzene rings is 1. The zero-order chi connectivity index (χ0) is 15.0. The van der Waals surface area contributed by atoms with E-state index in [0.717, 1.165) is 29.9 Å². The Labute approximate surface area is 129 Å². The van der Waals surface area contributed by atoms with Gasteiger partial charge in [-0.2, -0.15) is 5.26 Å². The van der Waals surface area contributed by atoms with E-state index in [1.165, 1.54) is 12.8 Å². The minimum absolute atomic E-state index is 0.171. The van der Waals surface area contributed by atoms with Gasteiger partial charge in [0.15, 0.2) is 0 Å². The van der Waals surface area contributed by atoms with Crippen molar-refractivity contribution in [2.75, 3.05) is 13.6 Å². The minimum atomic E-state index is -0.171. The van der Waals surface area contributed by atoms with Gasteiger partial charge in [-0.1, -0.05) is 6.07 Å². The molecule has 0 bridgehead atoms. The van der Waals surface area contributed by atoms with Crippen molar-refractivity contribution in [1.82, 2.24) is 14.5 Å². The molecule has 5 heteroatoms. The Morgan fingerprint density at radius 2 is 2.33 bits per heavy atom. The summed E-state index contributed by atoms with van der Waals surface area (Å²) in [4.78, 5) is 7.03. The van der Waals surface area contributed by atoms with Crippen LogP contribution in [0.15, 0.2) is 18.2 Å². The number of rotatable bonds is 3. The number of fused-ring (bicyclic) bond motifs is 1. The van der Waals surface area contributed by atoms with E-state index < -0.39 is 0 Å². The molecule has 2 unspecified atom stereocenters. The lowest BCUT2D eigenvalue weighted by atomic mass is 10.2. The van der Waals surface area contributed by atoms with Gasteiger partial charge in [-0.3, -0.25) is 0 Å². The van der Waals surface area contributed by atoms with Crippen molar-refractivity contribution in [3.63, 3.8) is 0 Å². The molecule has 0 N–H and O–H groups in total. The van der Waals surface area contributed by atoms with E-state index >= 15 is 0 Å². The Kier molecular flexibility index (Phi) is 3.88. The monoisotopic (exact) mass is 302 g/mol. The molecule has 2 heterocycles. The van der Waals surface area contributed by atoms with Gasteiger partial charge in [0, 0.05) is 12.6 Å². The van der Waals surface area contributed by atoms with Crippen LogP contribution in [-0.2, 0) is 6.54 Å². The quantitative estimate of drug-likeness (QED) is 0.817. The summed E-state index contributed by atoms with van der Waals surface area (Å²) >= 11 is 6.32. The standard InChI is InChI=1S/C16H19ClN4/c1-11(17)16-19-15-12(9-18)5-3-7-14(15)21(16)10-13-6-4-8-20(13)2/h3,5,7,11,13H,4,6,8,10H2,1-2H3. The second kappa shape index (κ2) is 5.67. The predicted octanol–water partition coefficient (Wildman–Crippen LogP) is 3.30. The molecule has 4 nitrogen and oxygen atoms in total. The first-order chi connectivity index (χ1) is 10.1. The zero-order valence-electron chi connectivity index (χ0n) is 12.4. The Balaban J connectivity index is 2.11. The lowest BCUT2D eigenvalue weighted by Gasteiger charge is -2.22. The van der Waals surface area contributed by atoms with Gasteiger partial charge in [-0.25, -0.2) is 4.98 Å². The summed E-state index contributed by atoms with van der Waals surface area (Å²) in [6, 6.07) is 8.49. The number of halogens is 1. The van der Waals surface area contributed by atoms with Crippen LogP contribution in [0.1, 0.15) is 36.5 Å². The third-order valence-electron chi connectivity index (χ3n) is 4.35. The number of hydrogen-bond acceptors (Lipinski definition) is 3. The number of nitrogens with zero attached hydrogens (tertiary/aromatic N) is 4. The summed E-state index contributed by atoms with van der Waals surface area (Å²) < 4.78 is 2.19. The lowest BCUT2D eigenvalue weighted by Crippen LogP contribution is -2.30. The number of hydrogen-bond donors (Lipinski definition) is 0. The van der Waals surface area contributed by atoms with Crippen LogP contribution in [0.25, 0.3) is 11.0 Å². The fourth-order valence-corrected chi connectivity index (χ4v) is 3.34. The summed E-state index contributed by atoms with van der Waals surface area (Å²) in [5.41, 5.74) is 2.39. The molecule has 1 aromatic heterocycles. The summed E-state index contributed by atoms with van der Waals surface area (Å²) in [6.07, 6.45) is 2.44. The van der Waals surface area contributed by atoms with Crippen LogP contribution in [0.4, 0.5) is 0 Å². The van der Waals surface area contributed by atoms with E-state index in [2.05, 4.69) is 27.6 Å². The lowest BCUT2D eigenvalue weighted by molar-refractivity contribution is 0.282. The van der Waals surface area contributed by atoms with Gasteiger partial charge < -0.3 is 9.47 Å². The number of likely N-dealkylation sites (tertiary alicyclic amines) is 1. The first-order valence-electron chi connectivity index (χ1n) is 7.35. The molecule has 2 aromatic rings. The molecule has 0 spiro atoms. The molecule has 0 saturated carbocycles. The maximum absolute atomic E-state index is 9.26. The fraction of sp³-hybridized carbons (Fsp3) is 0.500. The van der Waals surface area contributed by atoms with Crippen molar-refractivity contribution >= 4 is 22.6 Å². The molecule has 0 aliphatic carbocycles. The number of alkyl halides is 1. The van der Waals surface area contributed by atoms with E-state index in [9.17, 15) is 5.26 Å². The average Bonchev–Trinajstić information content (AvgIpc) is 3.04. The van der Waals surface area contributed by atoms with E-state index in [1.807, 2.05) is 25.1 Å². The number of para-hydroxylation sites is 1. The molecule has 110 valence electrons. The summed E-state index contributed by atoms with van der Waals surface area (Å²) in [7, 11) is 2.17. The number of likely N-dealkylation sites (N-methyl/N-ethyl adjacent to an activating group) is 1. The second-order valence-corrected chi connectivity index (χ2v) is 6.41. The molecule has 0 radical (unpaired) electrons. The van der Waals surface area contributed by atoms with Crippen LogP contribution in [0, 0.1) is 11.3 Å². The van der Waals surface area contributed by atoms with Gasteiger partial charge in [0.05, 0.1) is 16.5 Å². The van der Waals surface area contributed by atoms with Gasteiger partial charge in [0.2, 0.25) is 0 Å². The van der Waals surface area contributed by atoms with Gasteiger partial charge >= 0.3 is 0 Å². The molecule has 1 aliphatic rings. The van der Waals surface area contributed by atoms with Gasteiger partial charge in [-0.15, -0.1) is 11.6 Å². The third-order valence-corrected chi connectivity index (χ3v) is 4.54. The molecule has 1 saturated heterocycles. The van der Waals surface area contributed by atoms with Gasteiger partial charge in [0.25, 0.3) is 0 Å². The highest BCUT2D eigenvalue weighted by Crippen LogP contribution is 2.28. The van der Waals surface area contributed by atoms with E-state index in [4.69, 9.17) is 11.6 Å². The first-order valence-corrected chi connectivity index (χ1v) is 7.79. The number of nitriles is 1. The molecule has 21 heavy (non-hydrogen) atoms. The van der Waals surface area contributed by atoms with Crippen molar-refractivity contribution in [1.29, 1.82) is 5.26 Å². The average molecular weight is 303 g/mol. The largest absolute Gasteiger partial charge is 0.325 e. The van der Waals surface area contributed by atoms with Crippen LogP contribution in [0.2, 0.25) is 0 Å². The van der Waals surface area contributed by atoms with Crippen molar-refractivity contribution in [2.24, 2.45) is 0 Å². The Bertz CT molecular complexity index is 698. The highest BCUT2D eigenvalue weighted by molar-refractivity contribution is 6.20. The third kappa shape index (κ3) is 2.52. The summed E-state index contributed by atoms with van der Waals surface area (Å²) in [5, 5.41) is 9.09. The van der Waals surface area contributed by atoms with Crippen molar-refractivity contribution in [3.8, 4) is 6.07 Å². The van der Waals surface area contributed by atoms with Crippen LogP contribution in [0.3, 0.4) is 0 Å². The van der Waals surface area contributed by atoms with Crippen molar-refractivity contribution in [2.45, 2.75) is 37.7 Å². The number of imidazole rings is 1. The maximum atomic E-state index is 9.26. The van der Waals surface area contributed by atoms with Gasteiger partial charge in [0.1, 0.15) is 17.4 Å². The summed E-state index contributed by atoms with van der Waals surface area (Å²) in [6.45, 7) is 3.96. The highest BCUT2D eigenvalue weighted by Gasteiger charge is 2.25. The molecular formula is C16H19ClN4. The molecule has 1 aliphatic heterocycles. The summed E-state index contributed by atoms with van der Waals surface area (Å²) in [5.74, 6) is 0.856. The fourth-order valence-electron chi connectivity index (χ4n) is 3.17. The Morgan fingerprint density at radius 3 is 2.95 bits per heavy atom. The minimum Gasteiger partial charge on any atom is -0.325 e. The smallest absolute Gasteiger partial charge is 0.127 e. The Hall–Kier alpha value is -1.57. The zero-order valence-corrected chi connectivity index (χ0v) is 13.1. The van der Waals surface area contributed by atoms with Gasteiger partial charge in [-0.05, 0) is 45.5 Å². The van der Waals surface area contributed by atoms with Crippen molar-refractivity contribution < 1.29 is 0 Å². The first kappa shape index (κ1) is 14.4. The SMILES string of the molecule is CC(Cl)c1nc2c(C#N)cccc2n1CC1CCCN1C. The second-order valence-electron chi connectivity index (χ2n) is 5.76.